The van der Waals surface area contributed by atoms with Gasteiger partial charge in [-0.05, 0) is 24.3 Å². The van der Waals surface area contributed by atoms with Crippen molar-refractivity contribution in [2.75, 3.05) is 32.1 Å². The van der Waals surface area contributed by atoms with Gasteiger partial charge in [-0.2, -0.15) is 0 Å². The number of carbonyl (C=O) groups excluding carboxylic acids is 2. The third-order valence-corrected chi connectivity index (χ3v) is 2.59. The molecular formula is C12H14N2O3. The first kappa shape index (κ1) is 11.4. The van der Waals surface area contributed by atoms with Gasteiger partial charge in [0.05, 0.1) is 6.54 Å². The molecule has 0 bridgehead atoms. The van der Waals surface area contributed by atoms with E-state index in [1.807, 2.05) is 0 Å². The number of anilines is 1. The lowest BCUT2D eigenvalue weighted by atomic mass is 10.2. The minimum atomic E-state index is -0.336. The number of amides is 2. The number of carbonyl (C=O) groups is 2. The summed E-state index contributed by atoms with van der Waals surface area (Å²) in [4.78, 5) is 26.1. The predicted octanol–water partition coefficient (Wildman–Crippen LogP) is 1.35. The van der Waals surface area contributed by atoms with Gasteiger partial charge in [-0.1, -0.05) is 0 Å². The SMILES string of the molecule is CN(C)C(=O)c1ccc(N2CCOC2=O)cc1. The fourth-order valence-corrected chi connectivity index (χ4v) is 1.67. The highest BCUT2D eigenvalue weighted by Gasteiger charge is 2.23. The molecule has 1 aliphatic heterocycles. The first-order valence-corrected chi connectivity index (χ1v) is 5.35. The molecule has 2 rings (SSSR count). The Balaban J connectivity index is 2.18. The summed E-state index contributed by atoms with van der Waals surface area (Å²) in [6.45, 7) is 0.969. The average Bonchev–Trinajstić information content (AvgIpc) is 2.74. The smallest absolute Gasteiger partial charge is 0.414 e. The van der Waals surface area contributed by atoms with Gasteiger partial charge in [-0.25, -0.2) is 4.79 Å². The quantitative estimate of drug-likeness (QED) is 0.776. The molecule has 0 N–H and O–H groups in total. The number of nitrogens with zero attached hydrogens (tertiary/aromatic N) is 2. The largest absolute Gasteiger partial charge is 0.447 e. The van der Waals surface area contributed by atoms with Gasteiger partial charge in [-0.15, -0.1) is 0 Å². The molecule has 1 saturated heterocycles. The molecule has 0 saturated carbocycles. The van der Waals surface area contributed by atoms with E-state index in [4.69, 9.17) is 4.74 Å². The molecule has 1 aliphatic rings. The van der Waals surface area contributed by atoms with Crippen molar-refractivity contribution in [2.24, 2.45) is 0 Å². The second kappa shape index (κ2) is 4.45. The van der Waals surface area contributed by atoms with Crippen LogP contribution in [-0.2, 0) is 4.74 Å². The molecule has 0 atom stereocenters. The highest BCUT2D eigenvalue weighted by atomic mass is 16.6. The molecule has 5 nitrogen and oxygen atoms in total. The van der Waals surface area contributed by atoms with Crippen LogP contribution in [0.5, 0.6) is 0 Å². The Hall–Kier alpha value is -2.04. The molecule has 0 radical (unpaired) electrons. The third-order valence-electron chi connectivity index (χ3n) is 2.59. The highest BCUT2D eigenvalue weighted by Crippen LogP contribution is 2.19. The second-order valence-electron chi connectivity index (χ2n) is 4.01. The van der Waals surface area contributed by atoms with Crippen molar-refractivity contribution in [1.82, 2.24) is 4.90 Å². The Kier molecular flexibility index (Phi) is 2.99. The molecule has 0 aliphatic carbocycles. The van der Waals surface area contributed by atoms with E-state index in [-0.39, 0.29) is 12.0 Å². The van der Waals surface area contributed by atoms with Crippen LogP contribution in [0, 0.1) is 0 Å². The van der Waals surface area contributed by atoms with Crippen LogP contribution in [0.4, 0.5) is 10.5 Å². The van der Waals surface area contributed by atoms with Gasteiger partial charge >= 0.3 is 6.09 Å². The van der Waals surface area contributed by atoms with E-state index >= 15 is 0 Å². The maximum atomic E-state index is 11.7. The number of hydrogen-bond acceptors (Lipinski definition) is 3. The molecule has 0 aromatic heterocycles. The summed E-state index contributed by atoms with van der Waals surface area (Å²) in [7, 11) is 3.40. The minimum Gasteiger partial charge on any atom is -0.447 e. The van der Waals surface area contributed by atoms with Gasteiger partial charge in [0, 0.05) is 25.3 Å². The van der Waals surface area contributed by atoms with E-state index in [9.17, 15) is 9.59 Å². The number of hydrogen-bond donors (Lipinski definition) is 0. The third kappa shape index (κ3) is 2.22. The zero-order valence-electron chi connectivity index (χ0n) is 9.84. The normalized spacial score (nSPS) is 14.7. The van der Waals surface area contributed by atoms with Gasteiger partial charge in [0.2, 0.25) is 0 Å². The molecule has 90 valence electrons. The van der Waals surface area contributed by atoms with Crippen molar-refractivity contribution in [1.29, 1.82) is 0 Å². The Morgan fingerprint density at radius 2 is 1.94 bits per heavy atom. The van der Waals surface area contributed by atoms with Gasteiger partial charge in [0.15, 0.2) is 0 Å². The summed E-state index contributed by atoms with van der Waals surface area (Å²) in [5.74, 6) is -0.0550. The number of cyclic esters (lactones) is 1. The zero-order valence-corrected chi connectivity index (χ0v) is 9.84. The van der Waals surface area contributed by atoms with Gasteiger partial charge in [0.25, 0.3) is 5.91 Å². The van der Waals surface area contributed by atoms with E-state index in [2.05, 4.69) is 0 Å². The van der Waals surface area contributed by atoms with Gasteiger partial charge in [-0.3, -0.25) is 9.69 Å². The molecule has 1 fully saturated rings. The lowest BCUT2D eigenvalue weighted by Gasteiger charge is -2.14. The summed E-state index contributed by atoms with van der Waals surface area (Å²) in [5, 5.41) is 0. The zero-order chi connectivity index (χ0) is 12.4. The Morgan fingerprint density at radius 1 is 1.29 bits per heavy atom. The highest BCUT2D eigenvalue weighted by molar-refractivity contribution is 5.95. The molecule has 1 aromatic carbocycles. The van der Waals surface area contributed by atoms with Crippen molar-refractivity contribution in [2.45, 2.75) is 0 Å². The molecular weight excluding hydrogens is 220 g/mol. The maximum Gasteiger partial charge on any atom is 0.414 e. The molecule has 5 heteroatoms. The van der Waals surface area contributed by atoms with Gasteiger partial charge in [0.1, 0.15) is 6.61 Å². The van der Waals surface area contributed by atoms with E-state index in [1.165, 1.54) is 4.90 Å². The van der Waals surface area contributed by atoms with Gasteiger partial charge < -0.3 is 9.64 Å². The van der Waals surface area contributed by atoms with Crippen LogP contribution in [0.2, 0.25) is 0 Å². The minimum absolute atomic E-state index is 0.0550. The van der Waals surface area contributed by atoms with E-state index < -0.39 is 0 Å². The second-order valence-corrected chi connectivity index (χ2v) is 4.01. The Morgan fingerprint density at radius 3 is 2.41 bits per heavy atom. The lowest BCUT2D eigenvalue weighted by molar-refractivity contribution is 0.0827. The summed E-state index contributed by atoms with van der Waals surface area (Å²) in [5.41, 5.74) is 1.36. The van der Waals surface area contributed by atoms with Crippen LogP contribution in [0.1, 0.15) is 10.4 Å². The monoisotopic (exact) mass is 234 g/mol. The number of rotatable bonds is 2. The number of benzene rings is 1. The van der Waals surface area contributed by atoms with Crippen molar-refractivity contribution >= 4 is 17.7 Å². The maximum absolute atomic E-state index is 11.7. The predicted molar refractivity (Wildman–Crippen MR) is 63.2 cm³/mol. The fraction of sp³-hybridized carbons (Fsp3) is 0.333. The molecule has 0 spiro atoms. The van der Waals surface area contributed by atoms with Crippen LogP contribution in [-0.4, -0.2) is 44.1 Å². The molecule has 2 amide bonds. The molecule has 0 unspecified atom stereocenters. The van der Waals surface area contributed by atoms with E-state index in [1.54, 1.807) is 43.3 Å². The molecule has 1 heterocycles. The van der Waals surface area contributed by atoms with Crippen molar-refractivity contribution in [3.63, 3.8) is 0 Å². The number of ether oxygens (including phenoxy) is 1. The Bertz CT molecular complexity index is 440. The van der Waals surface area contributed by atoms with Crippen molar-refractivity contribution in [3.8, 4) is 0 Å². The molecule has 1 aromatic rings. The first-order chi connectivity index (χ1) is 8.09. The summed E-state index contributed by atoms with van der Waals surface area (Å²) >= 11 is 0. The average molecular weight is 234 g/mol. The summed E-state index contributed by atoms with van der Waals surface area (Å²) < 4.78 is 4.85. The van der Waals surface area contributed by atoms with Crippen molar-refractivity contribution < 1.29 is 14.3 Å². The van der Waals surface area contributed by atoms with Crippen LogP contribution >= 0.6 is 0 Å². The van der Waals surface area contributed by atoms with E-state index in [0.29, 0.717) is 18.7 Å². The standard InChI is InChI=1S/C12H14N2O3/c1-13(2)11(15)9-3-5-10(6-4-9)14-7-8-17-12(14)16/h3-6H,7-8H2,1-2H3. The van der Waals surface area contributed by atoms with Crippen LogP contribution in [0.25, 0.3) is 0 Å². The first-order valence-electron chi connectivity index (χ1n) is 5.35. The summed E-state index contributed by atoms with van der Waals surface area (Å²) in [6, 6.07) is 6.93. The van der Waals surface area contributed by atoms with Crippen LogP contribution in [0.15, 0.2) is 24.3 Å². The van der Waals surface area contributed by atoms with Crippen molar-refractivity contribution in [3.05, 3.63) is 29.8 Å². The summed E-state index contributed by atoms with van der Waals surface area (Å²) in [6.07, 6.45) is -0.336. The van der Waals surface area contributed by atoms with Crippen LogP contribution < -0.4 is 4.90 Å². The fourth-order valence-electron chi connectivity index (χ4n) is 1.67. The topological polar surface area (TPSA) is 49.9 Å². The lowest BCUT2D eigenvalue weighted by Crippen LogP contribution is -2.24. The molecule has 17 heavy (non-hydrogen) atoms. The van der Waals surface area contributed by atoms with Crippen LogP contribution in [0.3, 0.4) is 0 Å². The Labute approximate surface area is 99.6 Å². The van der Waals surface area contributed by atoms with E-state index in [0.717, 1.165) is 5.69 Å².